The number of hydrogen-bond acceptors (Lipinski definition) is 3. The summed E-state index contributed by atoms with van der Waals surface area (Å²) in [6.45, 7) is 10.2. The highest BCUT2D eigenvalue weighted by Crippen LogP contribution is 2.54. The zero-order chi connectivity index (χ0) is 18.0. The zero-order valence-corrected chi connectivity index (χ0v) is 15.5. The van der Waals surface area contributed by atoms with E-state index in [2.05, 4.69) is 36.7 Å². The van der Waals surface area contributed by atoms with Gasteiger partial charge in [0.25, 0.3) is 0 Å². The molecule has 1 aromatic heterocycles. The number of anilines is 1. The Morgan fingerprint density at radius 3 is 2.72 bits per heavy atom. The van der Waals surface area contributed by atoms with Crippen molar-refractivity contribution in [3.05, 3.63) is 35.5 Å². The predicted octanol–water partition coefficient (Wildman–Crippen LogP) is 4.65. The molecule has 4 heteroatoms. The van der Waals surface area contributed by atoms with Gasteiger partial charge < -0.3 is 10.0 Å². The molecule has 1 saturated carbocycles. The monoisotopic (exact) mass is 338 g/mol. The van der Waals surface area contributed by atoms with E-state index in [4.69, 9.17) is 0 Å². The number of nitrogens with zero attached hydrogens (tertiary/aromatic N) is 2. The van der Waals surface area contributed by atoms with Gasteiger partial charge in [-0.15, -0.1) is 0 Å². The van der Waals surface area contributed by atoms with Gasteiger partial charge in [0, 0.05) is 29.4 Å². The number of carbonyl (C=O) groups is 1. The van der Waals surface area contributed by atoms with Gasteiger partial charge in [-0.3, -0.25) is 4.98 Å². The Bertz CT molecular complexity index is 874. The second-order valence-corrected chi connectivity index (χ2v) is 9.16. The average Bonchev–Trinajstić information content (AvgIpc) is 2.74. The molecule has 4 rings (SSSR count). The molecule has 2 heterocycles. The summed E-state index contributed by atoms with van der Waals surface area (Å²) in [7, 11) is 0. The van der Waals surface area contributed by atoms with Gasteiger partial charge in [0.15, 0.2) is 0 Å². The summed E-state index contributed by atoms with van der Waals surface area (Å²) in [6, 6.07) is 7.92. The summed E-state index contributed by atoms with van der Waals surface area (Å²) in [6.07, 6.45) is 3.65. The third-order valence-electron chi connectivity index (χ3n) is 5.89. The predicted molar refractivity (Wildman–Crippen MR) is 100 cm³/mol. The lowest BCUT2D eigenvalue weighted by molar-refractivity contribution is 0.0697. The number of aromatic nitrogens is 1. The number of benzene rings is 1. The summed E-state index contributed by atoms with van der Waals surface area (Å²) < 4.78 is 0. The van der Waals surface area contributed by atoms with Gasteiger partial charge in [0.1, 0.15) is 0 Å². The fraction of sp³-hybridized carbons (Fsp3) is 0.524. The Balaban J connectivity index is 1.86. The normalized spacial score (nSPS) is 27.7. The lowest BCUT2D eigenvalue weighted by Crippen LogP contribution is -2.34. The molecule has 4 nitrogen and oxygen atoms in total. The van der Waals surface area contributed by atoms with Crippen LogP contribution < -0.4 is 4.90 Å². The van der Waals surface area contributed by atoms with Crippen LogP contribution >= 0.6 is 0 Å². The third kappa shape index (κ3) is 2.78. The lowest BCUT2D eigenvalue weighted by Gasteiger charge is -2.39. The van der Waals surface area contributed by atoms with Crippen LogP contribution in [0.2, 0.25) is 0 Å². The number of carboxylic acid groups (broad SMARTS) is 1. The fourth-order valence-corrected chi connectivity index (χ4v) is 5.45. The molecule has 2 fully saturated rings. The Hall–Kier alpha value is -2.10. The molecule has 0 unspecified atom stereocenters. The molecule has 0 radical (unpaired) electrons. The van der Waals surface area contributed by atoms with Crippen molar-refractivity contribution in [1.82, 2.24) is 4.98 Å². The van der Waals surface area contributed by atoms with E-state index in [-0.39, 0.29) is 0 Å². The molecule has 132 valence electrons. The van der Waals surface area contributed by atoms with Crippen molar-refractivity contribution in [3.8, 4) is 0 Å². The van der Waals surface area contributed by atoms with Gasteiger partial charge in [-0.1, -0.05) is 20.8 Å². The van der Waals surface area contributed by atoms with Gasteiger partial charge in [0.05, 0.1) is 11.1 Å². The minimum Gasteiger partial charge on any atom is -0.478 e. The number of aromatic carboxylic acids is 1. The summed E-state index contributed by atoms with van der Waals surface area (Å²) in [4.78, 5) is 18.6. The van der Waals surface area contributed by atoms with Crippen LogP contribution in [-0.4, -0.2) is 28.6 Å². The number of hydrogen-bond donors (Lipinski definition) is 1. The highest BCUT2D eigenvalue weighted by atomic mass is 16.4. The highest BCUT2D eigenvalue weighted by molar-refractivity contribution is 5.98. The highest BCUT2D eigenvalue weighted by Gasteiger charge is 2.49. The van der Waals surface area contributed by atoms with Crippen LogP contribution in [0.25, 0.3) is 10.9 Å². The molecule has 1 saturated heterocycles. The van der Waals surface area contributed by atoms with Crippen molar-refractivity contribution in [1.29, 1.82) is 0 Å². The van der Waals surface area contributed by atoms with E-state index in [1.54, 1.807) is 12.1 Å². The molecule has 2 aliphatic rings. The zero-order valence-electron chi connectivity index (χ0n) is 15.5. The minimum absolute atomic E-state index is 0.327. The van der Waals surface area contributed by atoms with Crippen molar-refractivity contribution >= 4 is 22.6 Å². The number of carboxylic acids is 1. The quantitative estimate of drug-likeness (QED) is 0.866. The van der Waals surface area contributed by atoms with E-state index < -0.39 is 5.97 Å². The molecule has 1 aromatic carbocycles. The van der Waals surface area contributed by atoms with Crippen molar-refractivity contribution in [2.75, 3.05) is 11.4 Å². The molecule has 0 amide bonds. The maximum atomic E-state index is 11.4. The Morgan fingerprint density at radius 1 is 1.24 bits per heavy atom. The number of aryl methyl sites for hydroxylation is 1. The molecule has 25 heavy (non-hydrogen) atoms. The summed E-state index contributed by atoms with van der Waals surface area (Å²) >= 11 is 0. The molecule has 1 aliphatic carbocycles. The first-order chi connectivity index (χ1) is 11.7. The van der Waals surface area contributed by atoms with Crippen LogP contribution in [0.1, 0.15) is 56.1 Å². The number of fused-ring (bicyclic) bond motifs is 3. The van der Waals surface area contributed by atoms with Gasteiger partial charge in [-0.2, -0.15) is 0 Å². The molecule has 1 aliphatic heterocycles. The van der Waals surface area contributed by atoms with E-state index in [1.807, 2.05) is 13.0 Å². The van der Waals surface area contributed by atoms with Gasteiger partial charge in [0.2, 0.25) is 0 Å². The van der Waals surface area contributed by atoms with E-state index in [0.717, 1.165) is 28.8 Å². The van der Waals surface area contributed by atoms with Crippen LogP contribution in [0, 0.1) is 17.8 Å². The van der Waals surface area contributed by atoms with Crippen molar-refractivity contribution in [2.45, 2.75) is 53.0 Å². The SMILES string of the molecule is Cc1cc(N2C[C@@]3(C)C[C@@H]2CC(C)(C)C3)c2cc(C(=O)O)ccc2n1. The number of rotatable bonds is 2. The molecule has 1 N–H and O–H groups in total. The summed E-state index contributed by atoms with van der Waals surface area (Å²) in [5.41, 5.74) is 4.03. The first-order valence-electron chi connectivity index (χ1n) is 9.07. The van der Waals surface area contributed by atoms with Crippen LogP contribution in [0.3, 0.4) is 0 Å². The average molecular weight is 338 g/mol. The summed E-state index contributed by atoms with van der Waals surface area (Å²) in [5, 5.41) is 10.3. The summed E-state index contributed by atoms with van der Waals surface area (Å²) in [5.74, 6) is -0.887. The Morgan fingerprint density at radius 2 is 2.00 bits per heavy atom. The first kappa shape index (κ1) is 16.4. The van der Waals surface area contributed by atoms with E-state index >= 15 is 0 Å². The van der Waals surface area contributed by atoms with E-state index in [0.29, 0.717) is 22.4 Å². The standard InChI is InChI=1S/C21H26N2O2/c1-13-7-18(16-8-14(19(24)25)5-6-17(16)22-13)23-12-21(4)10-15(23)9-20(2,3)11-21/h5-8,15H,9-12H2,1-4H3,(H,24,25)/t15-,21-/m0/s1. The van der Waals surface area contributed by atoms with Crippen molar-refractivity contribution < 1.29 is 9.90 Å². The number of pyridine rings is 1. The third-order valence-corrected chi connectivity index (χ3v) is 5.89. The molecular weight excluding hydrogens is 312 g/mol. The fourth-order valence-electron chi connectivity index (χ4n) is 5.45. The van der Waals surface area contributed by atoms with E-state index in [1.165, 1.54) is 19.3 Å². The minimum atomic E-state index is -0.887. The maximum absolute atomic E-state index is 11.4. The molecule has 2 bridgehead atoms. The van der Waals surface area contributed by atoms with Crippen LogP contribution in [0.5, 0.6) is 0 Å². The second-order valence-electron chi connectivity index (χ2n) is 9.16. The van der Waals surface area contributed by atoms with Gasteiger partial charge >= 0.3 is 5.97 Å². The Labute approximate surface area is 148 Å². The maximum Gasteiger partial charge on any atom is 0.335 e. The largest absolute Gasteiger partial charge is 0.478 e. The smallest absolute Gasteiger partial charge is 0.335 e. The van der Waals surface area contributed by atoms with Crippen LogP contribution in [0.4, 0.5) is 5.69 Å². The van der Waals surface area contributed by atoms with Gasteiger partial charge in [-0.25, -0.2) is 4.79 Å². The van der Waals surface area contributed by atoms with Crippen molar-refractivity contribution in [3.63, 3.8) is 0 Å². The van der Waals surface area contributed by atoms with Crippen LogP contribution in [-0.2, 0) is 0 Å². The second kappa shape index (κ2) is 5.20. The first-order valence-corrected chi connectivity index (χ1v) is 9.07. The van der Waals surface area contributed by atoms with Crippen LogP contribution in [0.15, 0.2) is 24.3 Å². The molecule has 0 spiro atoms. The Kier molecular flexibility index (Phi) is 3.40. The van der Waals surface area contributed by atoms with Crippen molar-refractivity contribution in [2.24, 2.45) is 10.8 Å². The topological polar surface area (TPSA) is 53.4 Å². The molecule has 2 aromatic rings. The van der Waals surface area contributed by atoms with E-state index in [9.17, 15) is 9.90 Å². The lowest BCUT2D eigenvalue weighted by atomic mass is 9.65. The van der Waals surface area contributed by atoms with Gasteiger partial charge in [-0.05, 0) is 61.3 Å². The molecular formula is C21H26N2O2. The molecule has 2 atom stereocenters.